The van der Waals surface area contributed by atoms with E-state index >= 15 is 0 Å². The van der Waals surface area contributed by atoms with Crippen LogP contribution in [0.4, 0.5) is 13.2 Å². The van der Waals surface area contributed by atoms with Crippen LogP contribution in [0.2, 0.25) is 0 Å². The van der Waals surface area contributed by atoms with Crippen LogP contribution >= 0.6 is 0 Å². The average molecular weight is 336 g/mol. The minimum atomic E-state index is -4.54. The van der Waals surface area contributed by atoms with Crippen LogP contribution in [-0.2, 0) is 6.18 Å². The quantitative estimate of drug-likeness (QED) is 0.665. The number of rotatable bonds is 4. The molecule has 8 heteroatoms. The summed E-state index contributed by atoms with van der Waals surface area (Å²) in [6, 6.07) is 9.63. The molecular weight excluding hydrogens is 325 g/mol. The summed E-state index contributed by atoms with van der Waals surface area (Å²) in [5.74, 6) is -1.86. The lowest BCUT2D eigenvalue weighted by molar-refractivity contribution is -0.137. The molecule has 124 valence electrons. The number of amides is 1. The number of carboxylic acid groups (broad SMARTS) is 1. The number of carbonyl (C=O) groups excluding carboxylic acids is 1. The summed E-state index contributed by atoms with van der Waals surface area (Å²) in [7, 11) is 0. The highest BCUT2D eigenvalue weighted by atomic mass is 19.4. The molecule has 0 saturated carbocycles. The molecule has 0 saturated heterocycles. The number of hydrogen-bond donors (Lipinski definition) is 2. The minimum Gasteiger partial charge on any atom is -0.478 e. The van der Waals surface area contributed by atoms with Crippen molar-refractivity contribution in [3.8, 4) is 0 Å². The van der Waals surface area contributed by atoms with E-state index in [-0.39, 0.29) is 11.1 Å². The summed E-state index contributed by atoms with van der Waals surface area (Å²) in [6.07, 6.45) is -3.29. The number of hydrazone groups is 1. The molecular formula is C16H11F3N2O3. The lowest BCUT2D eigenvalue weighted by Gasteiger charge is -2.07. The molecule has 0 bridgehead atoms. The number of nitrogens with zero attached hydrogens (tertiary/aromatic N) is 1. The van der Waals surface area contributed by atoms with Crippen LogP contribution in [0.1, 0.15) is 31.8 Å². The van der Waals surface area contributed by atoms with Crippen molar-refractivity contribution in [2.24, 2.45) is 5.10 Å². The van der Waals surface area contributed by atoms with Crippen LogP contribution in [0.25, 0.3) is 0 Å². The Bertz CT molecular complexity index is 784. The van der Waals surface area contributed by atoms with Gasteiger partial charge in [0.05, 0.1) is 17.3 Å². The van der Waals surface area contributed by atoms with E-state index < -0.39 is 23.6 Å². The van der Waals surface area contributed by atoms with Crippen molar-refractivity contribution in [2.45, 2.75) is 6.18 Å². The van der Waals surface area contributed by atoms with Gasteiger partial charge in [-0.25, -0.2) is 10.2 Å². The van der Waals surface area contributed by atoms with Crippen molar-refractivity contribution in [2.75, 3.05) is 0 Å². The van der Waals surface area contributed by atoms with Gasteiger partial charge < -0.3 is 5.11 Å². The van der Waals surface area contributed by atoms with E-state index in [1.807, 2.05) is 0 Å². The lowest BCUT2D eigenvalue weighted by Crippen LogP contribution is -2.18. The van der Waals surface area contributed by atoms with E-state index in [9.17, 15) is 22.8 Å². The Labute approximate surface area is 134 Å². The first-order valence-electron chi connectivity index (χ1n) is 6.61. The molecule has 0 aliphatic carbocycles. The van der Waals surface area contributed by atoms with Gasteiger partial charge in [0.15, 0.2) is 0 Å². The maximum absolute atomic E-state index is 12.6. The van der Waals surface area contributed by atoms with Crippen molar-refractivity contribution in [1.82, 2.24) is 5.43 Å². The Morgan fingerprint density at radius 2 is 1.71 bits per heavy atom. The Morgan fingerprint density at radius 3 is 2.29 bits per heavy atom. The number of carbonyl (C=O) groups is 2. The molecule has 0 fully saturated rings. The fourth-order valence-corrected chi connectivity index (χ4v) is 1.78. The van der Waals surface area contributed by atoms with Gasteiger partial charge in [-0.05, 0) is 35.9 Å². The van der Waals surface area contributed by atoms with Gasteiger partial charge >= 0.3 is 12.1 Å². The number of carboxylic acids is 1. The first kappa shape index (κ1) is 17.2. The van der Waals surface area contributed by atoms with Crippen LogP contribution in [0.5, 0.6) is 0 Å². The zero-order chi connectivity index (χ0) is 17.7. The van der Waals surface area contributed by atoms with E-state index in [1.54, 1.807) is 0 Å². The standard InChI is InChI=1S/C16H11F3N2O3/c17-16(18,19)13-3-1-2-12(8-13)14(22)21-20-9-10-4-6-11(7-5-10)15(23)24/h1-9H,(H,21,22)(H,23,24). The third-order valence-electron chi connectivity index (χ3n) is 2.99. The highest BCUT2D eigenvalue weighted by molar-refractivity contribution is 5.95. The molecule has 2 rings (SSSR count). The van der Waals surface area contributed by atoms with Crippen molar-refractivity contribution in [3.63, 3.8) is 0 Å². The highest BCUT2D eigenvalue weighted by Gasteiger charge is 2.30. The average Bonchev–Trinajstić information content (AvgIpc) is 2.54. The predicted octanol–water partition coefficient (Wildman–Crippen LogP) is 3.17. The molecule has 5 nitrogen and oxygen atoms in total. The third-order valence-corrected chi connectivity index (χ3v) is 2.99. The van der Waals surface area contributed by atoms with Crippen molar-refractivity contribution in [1.29, 1.82) is 0 Å². The lowest BCUT2D eigenvalue weighted by atomic mass is 10.1. The Hall–Kier alpha value is -3.16. The fraction of sp³-hybridized carbons (Fsp3) is 0.0625. The fourth-order valence-electron chi connectivity index (χ4n) is 1.78. The topological polar surface area (TPSA) is 78.8 Å². The number of alkyl halides is 3. The smallest absolute Gasteiger partial charge is 0.416 e. The van der Waals surface area contributed by atoms with Crippen LogP contribution in [0, 0.1) is 0 Å². The van der Waals surface area contributed by atoms with Gasteiger partial charge in [-0.1, -0.05) is 18.2 Å². The van der Waals surface area contributed by atoms with E-state index in [0.717, 1.165) is 18.2 Å². The van der Waals surface area contributed by atoms with Gasteiger partial charge in [-0.15, -0.1) is 0 Å². The molecule has 0 aliphatic rings. The van der Waals surface area contributed by atoms with Gasteiger partial charge in [0.1, 0.15) is 0 Å². The Morgan fingerprint density at radius 1 is 1.04 bits per heavy atom. The van der Waals surface area contributed by atoms with Gasteiger partial charge in [0, 0.05) is 5.56 Å². The second-order valence-electron chi connectivity index (χ2n) is 4.70. The first-order chi connectivity index (χ1) is 11.3. The van der Waals surface area contributed by atoms with E-state index in [0.29, 0.717) is 5.56 Å². The number of nitrogens with one attached hydrogen (secondary N) is 1. The van der Waals surface area contributed by atoms with Crippen LogP contribution in [0.15, 0.2) is 53.6 Å². The number of aromatic carboxylic acids is 1. The Kier molecular flexibility index (Phi) is 4.98. The molecule has 2 aromatic carbocycles. The zero-order valence-electron chi connectivity index (χ0n) is 12.0. The third kappa shape index (κ3) is 4.42. The summed E-state index contributed by atoms with van der Waals surface area (Å²) in [5, 5.41) is 12.4. The van der Waals surface area contributed by atoms with Crippen molar-refractivity contribution >= 4 is 18.1 Å². The summed E-state index contributed by atoms with van der Waals surface area (Å²) in [4.78, 5) is 22.5. The summed E-state index contributed by atoms with van der Waals surface area (Å²) >= 11 is 0. The van der Waals surface area contributed by atoms with Gasteiger partial charge in [0.2, 0.25) is 0 Å². The molecule has 2 N–H and O–H groups in total. The zero-order valence-corrected chi connectivity index (χ0v) is 12.0. The predicted molar refractivity (Wildman–Crippen MR) is 79.9 cm³/mol. The summed E-state index contributed by atoms with van der Waals surface area (Å²) in [5.41, 5.74) is 1.62. The largest absolute Gasteiger partial charge is 0.478 e. The molecule has 24 heavy (non-hydrogen) atoms. The Balaban J connectivity index is 2.04. The molecule has 0 unspecified atom stereocenters. The van der Waals surface area contributed by atoms with Crippen LogP contribution in [0.3, 0.4) is 0 Å². The molecule has 0 aromatic heterocycles. The molecule has 0 radical (unpaired) electrons. The van der Waals surface area contributed by atoms with Gasteiger partial charge in [-0.2, -0.15) is 18.3 Å². The molecule has 0 spiro atoms. The molecule has 0 atom stereocenters. The molecule has 0 heterocycles. The second-order valence-corrected chi connectivity index (χ2v) is 4.70. The minimum absolute atomic E-state index is 0.0974. The highest BCUT2D eigenvalue weighted by Crippen LogP contribution is 2.29. The summed E-state index contributed by atoms with van der Waals surface area (Å²) < 4.78 is 37.8. The van der Waals surface area contributed by atoms with Crippen molar-refractivity contribution in [3.05, 3.63) is 70.8 Å². The van der Waals surface area contributed by atoms with E-state index in [2.05, 4.69) is 10.5 Å². The van der Waals surface area contributed by atoms with E-state index in [1.165, 1.54) is 36.5 Å². The normalized spacial score (nSPS) is 11.5. The van der Waals surface area contributed by atoms with Gasteiger partial charge in [0.25, 0.3) is 5.91 Å². The second kappa shape index (κ2) is 6.95. The van der Waals surface area contributed by atoms with Crippen LogP contribution in [-0.4, -0.2) is 23.2 Å². The summed E-state index contributed by atoms with van der Waals surface area (Å²) in [6.45, 7) is 0. The van der Waals surface area contributed by atoms with E-state index in [4.69, 9.17) is 5.11 Å². The number of benzene rings is 2. The number of hydrogen-bond acceptors (Lipinski definition) is 3. The van der Waals surface area contributed by atoms with Gasteiger partial charge in [-0.3, -0.25) is 4.79 Å². The molecule has 0 aliphatic heterocycles. The number of halogens is 3. The maximum Gasteiger partial charge on any atom is 0.416 e. The maximum atomic E-state index is 12.6. The molecule has 1 amide bonds. The first-order valence-corrected chi connectivity index (χ1v) is 6.61. The van der Waals surface area contributed by atoms with Crippen molar-refractivity contribution < 1.29 is 27.9 Å². The SMILES string of the molecule is O=C(O)c1ccc(C=NNC(=O)c2cccc(C(F)(F)F)c2)cc1. The molecule has 2 aromatic rings. The van der Waals surface area contributed by atoms with Crippen LogP contribution < -0.4 is 5.43 Å². The monoisotopic (exact) mass is 336 g/mol.